The van der Waals surface area contributed by atoms with Gasteiger partial charge in [0.25, 0.3) is 5.91 Å². The minimum atomic E-state index is -0.182. The van der Waals surface area contributed by atoms with Crippen LogP contribution in [0.25, 0.3) is 10.9 Å². The number of carbonyl (C=O) groups excluding carboxylic acids is 1. The zero-order chi connectivity index (χ0) is 14.7. The lowest BCUT2D eigenvalue weighted by molar-refractivity contribution is 0.0962. The maximum atomic E-state index is 12.0. The van der Waals surface area contributed by atoms with Crippen molar-refractivity contribution in [3.63, 3.8) is 0 Å². The highest BCUT2D eigenvalue weighted by Gasteiger charge is 2.07. The van der Waals surface area contributed by atoms with Crippen molar-refractivity contribution in [3.05, 3.63) is 69.9 Å². The second kappa shape index (κ2) is 6.09. The van der Waals surface area contributed by atoms with E-state index in [9.17, 15) is 4.79 Å². The number of pyridine rings is 1. The van der Waals surface area contributed by atoms with Crippen molar-refractivity contribution < 1.29 is 4.79 Å². The number of hydrogen-bond donors (Lipinski definition) is 2. The number of hydrazine groups is 1. The molecule has 104 valence electrons. The summed E-state index contributed by atoms with van der Waals surface area (Å²) in [5.41, 5.74) is 7.85. The molecule has 0 saturated heterocycles. The predicted molar refractivity (Wildman–Crippen MR) is 92.0 cm³/mol. The van der Waals surface area contributed by atoms with Crippen LogP contribution in [0.1, 0.15) is 10.4 Å². The molecule has 2 N–H and O–H groups in total. The highest BCUT2D eigenvalue weighted by molar-refractivity contribution is 14.1. The summed E-state index contributed by atoms with van der Waals surface area (Å²) in [6.45, 7) is 0. The molecule has 0 spiro atoms. The van der Waals surface area contributed by atoms with Gasteiger partial charge in [0.1, 0.15) is 0 Å². The monoisotopic (exact) mass is 389 g/mol. The molecule has 21 heavy (non-hydrogen) atoms. The average molecular weight is 389 g/mol. The van der Waals surface area contributed by atoms with Crippen molar-refractivity contribution in [1.29, 1.82) is 0 Å². The molecule has 5 heteroatoms. The van der Waals surface area contributed by atoms with E-state index in [1.165, 1.54) is 0 Å². The van der Waals surface area contributed by atoms with Crippen LogP contribution in [0.4, 0.5) is 5.69 Å². The van der Waals surface area contributed by atoms with Gasteiger partial charge in [-0.3, -0.25) is 20.6 Å². The molecule has 1 amide bonds. The van der Waals surface area contributed by atoms with E-state index < -0.39 is 0 Å². The van der Waals surface area contributed by atoms with Crippen molar-refractivity contribution in [2.45, 2.75) is 0 Å². The lowest BCUT2D eigenvalue weighted by Crippen LogP contribution is -2.29. The third-order valence-corrected chi connectivity index (χ3v) is 4.00. The topological polar surface area (TPSA) is 54.0 Å². The Bertz CT molecular complexity index is 790. The summed E-state index contributed by atoms with van der Waals surface area (Å²) in [7, 11) is 0. The molecule has 1 heterocycles. The summed E-state index contributed by atoms with van der Waals surface area (Å²) in [5.74, 6) is -0.182. The van der Waals surface area contributed by atoms with Gasteiger partial charge in [-0.15, -0.1) is 0 Å². The molecule has 4 nitrogen and oxygen atoms in total. The van der Waals surface area contributed by atoms with Gasteiger partial charge in [-0.1, -0.05) is 24.3 Å². The maximum Gasteiger partial charge on any atom is 0.269 e. The number of rotatable bonds is 3. The number of anilines is 1. The zero-order valence-electron chi connectivity index (χ0n) is 11.0. The SMILES string of the molecule is O=C(NNc1ccc(I)c2cccnc12)c1ccccc1. The van der Waals surface area contributed by atoms with Crippen LogP contribution in [0.2, 0.25) is 0 Å². The molecule has 0 atom stereocenters. The fraction of sp³-hybridized carbons (Fsp3) is 0. The molecule has 1 aromatic heterocycles. The summed E-state index contributed by atoms with van der Waals surface area (Å²) in [5, 5.41) is 1.05. The quantitative estimate of drug-likeness (QED) is 0.532. The molecule has 0 radical (unpaired) electrons. The number of nitrogens with zero attached hydrogens (tertiary/aromatic N) is 1. The number of nitrogens with one attached hydrogen (secondary N) is 2. The van der Waals surface area contributed by atoms with Crippen LogP contribution < -0.4 is 10.9 Å². The second-order valence-electron chi connectivity index (χ2n) is 4.44. The Balaban J connectivity index is 1.83. The first-order valence-corrected chi connectivity index (χ1v) is 7.48. The van der Waals surface area contributed by atoms with E-state index >= 15 is 0 Å². The summed E-state index contributed by atoms with van der Waals surface area (Å²) in [4.78, 5) is 16.4. The Kier molecular flexibility index (Phi) is 4.01. The average Bonchev–Trinajstić information content (AvgIpc) is 2.55. The van der Waals surface area contributed by atoms with Crippen LogP contribution in [0.3, 0.4) is 0 Å². The second-order valence-corrected chi connectivity index (χ2v) is 5.60. The minimum absolute atomic E-state index is 0.182. The summed E-state index contributed by atoms with van der Waals surface area (Å²) in [6, 6.07) is 16.9. The Morgan fingerprint density at radius 2 is 1.81 bits per heavy atom. The molecule has 0 bridgehead atoms. The van der Waals surface area contributed by atoms with Crippen LogP contribution in [0.15, 0.2) is 60.8 Å². The third kappa shape index (κ3) is 2.97. The highest BCUT2D eigenvalue weighted by Crippen LogP contribution is 2.25. The number of fused-ring (bicyclic) bond motifs is 1. The van der Waals surface area contributed by atoms with Gasteiger partial charge in [0.15, 0.2) is 0 Å². The van der Waals surface area contributed by atoms with Crippen molar-refractivity contribution in [3.8, 4) is 0 Å². The van der Waals surface area contributed by atoms with E-state index in [1.54, 1.807) is 18.3 Å². The van der Waals surface area contributed by atoms with Crippen molar-refractivity contribution >= 4 is 45.1 Å². The van der Waals surface area contributed by atoms with Crippen LogP contribution in [-0.4, -0.2) is 10.9 Å². The van der Waals surface area contributed by atoms with Crippen LogP contribution in [0, 0.1) is 3.57 Å². The van der Waals surface area contributed by atoms with Crippen LogP contribution in [-0.2, 0) is 0 Å². The van der Waals surface area contributed by atoms with E-state index in [0.717, 1.165) is 20.2 Å². The molecule has 0 fully saturated rings. The first-order chi connectivity index (χ1) is 10.3. The van der Waals surface area contributed by atoms with E-state index in [0.29, 0.717) is 5.56 Å². The van der Waals surface area contributed by atoms with Gasteiger partial charge >= 0.3 is 0 Å². The Morgan fingerprint density at radius 1 is 1.00 bits per heavy atom. The summed E-state index contributed by atoms with van der Waals surface area (Å²) < 4.78 is 1.12. The number of benzene rings is 2. The first-order valence-electron chi connectivity index (χ1n) is 6.40. The fourth-order valence-corrected chi connectivity index (χ4v) is 2.64. The fourth-order valence-electron chi connectivity index (χ4n) is 2.02. The van der Waals surface area contributed by atoms with E-state index in [2.05, 4.69) is 38.4 Å². The Hall–Kier alpha value is -2.15. The molecule has 0 aliphatic rings. The van der Waals surface area contributed by atoms with E-state index in [1.807, 2.05) is 42.5 Å². The normalized spacial score (nSPS) is 10.3. The van der Waals surface area contributed by atoms with Crippen molar-refractivity contribution in [1.82, 2.24) is 10.4 Å². The molecule has 2 aromatic carbocycles. The van der Waals surface area contributed by atoms with Gasteiger partial charge in [0.05, 0.1) is 11.2 Å². The van der Waals surface area contributed by atoms with Gasteiger partial charge < -0.3 is 0 Å². The molecule has 0 unspecified atom stereocenters. The smallest absolute Gasteiger partial charge is 0.269 e. The standard InChI is InChI=1S/C16H12IN3O/c17-13-8-9-14(15-12(13)7-4-10-18-15)19-20-16(21)11-5-2-1-3-6-11/h1-10,19H,(H,20,21). The first kappa shape index (κ1) is 13.8. The Labute approximate surface area is 135 Å². The summed E-state index contributed by atoms with van der Waals surface area (Å²) >= 11 is 2.27. The Morgan fingerprint density at radius 3 is 2.62 bits per heavy atom. The number of carbonyl (C=O) groups is 1. The maximum absolute atomic E-state index is 12.0. The molecule has 0 aliphatic carbocycles. The largest absolute Gasteiger partial charge is 0.296 e. The van der Waals surface area contributed by atoms with E-state index in [4.69, 9.17) is 0 Å². The lowest BCUT2D eigenvalue weighted by atomic mass is 10.2. The van der Waals surface area contributed by atoms with Crippen LogP contribution in [0.5, 0.6) is 0 Å². The predicted octanol–water partition coefficient (Wildman–Crippen LogP) is 3.60. The van der Waals surface area contributed by atoms with Gasteiger partial charge in [-0.2, -0.15) is 0 Å². The van der Waals surface area contributed by atoms with Crippen molar-refractivity contribution in [2.75, 3.05) is 5.43 Å². The molecule has 0 aliphatic heterocycles. The van der Waals surface area contributed by atoms with Crippen LogP contribution >= 0.6 is 22.6 Å². The molecule has 3 aromatic rings. The van der Waals surface area contributed by atoms with Gasteiger partial charge in [-0.25, -0.2) is 0 Å². The van der Waals surface area contributed by atoms with Gasteiger partial charge in [-0.05, 0) is 52.9 Å². The number of halogens is 1. The highest BCUT2D eigenvalue weighted by atomic mass is 127. The molecular weight excluding hydrogens is 377 g/mol. The van der Waals surface area contributed by atoms with E-state index in [-0.39, 0.29) is 5.91 Å². The van der Waals surface area contributed by atoms with Gasteiger partial charge in [0, 0.05) is 20.7 Å². The molecule has 3 rings (SSSR count). The zero-order valence-corrected chi connectivity index (χ0v) is 13.2. The summed E-state index contributed by atoms with van der Waals surface area (Å²) in [6.07, 6.45) is 1.74. The lowest BCUT2D eigenvalue weighted by Gasteiger charge is -2.11. The van der Waals surface area contributed by atoms with Crippen molar-refractivity contribution in [2.24, 2.45) is 0 Å². The van der Waals surface area contributed by atoms with Gasteiger partial charge in [0.2, 0.25) is 0 Å². The molecule has 0 saturated carbocycles. The number of hydrogen-bond acceptors (Lipinski definition) is 3. The third-order valence-electron chi connectivity index (χ3n) is 3.06. The minimum Gasteiger partial charge on any atom is -0.296 e. The molecular formula is C16H12IN3O. The number of amides is 1. The number of aromatic nitrogens is 1.